The monoisotopic (exact) mass is 728 g/mol. The van der Waals surface area contributed by atoms with E-state index in [1.54, 1.807) is 50.8 Å². The molecule has 3 aromatic rings. The first-order valence-corrected chi connectivity index (χ1v) is 18.6. The number of nitrogens with one attached hydrogen (secondary N) is 1. The van der Waals surface area contributed by atoms with E-state index in [0.717, 1.165) is 24.0 Å². The maximum absolute atomic E-state index is 15.1. The van der Waals surface area contributed by atoms with Gasteiger partial charge in [-0.2, -0.15) is 0 Å². The molecule has 5 rings (SSSR count). The Balaban J connectivity index is 1.61. The molecule has 1 saturated carbocycles. The van der Waals surface area contributed by atoms with Gasteiger partial charge < -0.3 is 20.1 Å². The molecule has 1 aliphatic carbocycles. The molecule has 1 saturated heterocycles. The smallest absolute Gasteiger partial charge is 0.339 e. The Bertz CT molecular complexity index is 1850. The summed E-state index contributed by atoms with van der Waals surface area (Å²) in [6.45, 7) is 6.76. The van der Waals surface area contributed by atoms with E-state index in [1.807, 2.05) is 30.3 Å². The molecule has 1 aliphatic heterocycles. The number of nitrogens with zero attached hydrogens (tertiary/aromatic N) is 1. The number of benzene rings is 3. The fourth-order valence-electron chi connectivity index (χ4n) is 6.82. The fourth-order valence-corrected chi connectivity index (χ4v) is 8.52. The van der Waals surface area contributed by atoms with Crippen LogP contribution in [0.1, 0.15) is 86.8 Å². The summed E-state index contributed by atoms with van der Waals surface area (Å²) in [5.74, 6) is -2.44. The summed E-state index contributed by atoms with van der Waals surface area (Å²) in [4.78, 5) is 42.2. The minimum Gasteiger partial charge on any atom is -0.496 e. The molecule has 2 fully saturated rings. The van der Waals surface area contributed by atoms with Crippen molar-refractivity contribution >= 4 is 56.5 Å². The standard InChI is InChI=1S/C37H42Cl2N2O7S/c1-36(2,3)49(46,47)21-30(22-9-10-22)41-33(23-11-13-25(38)14-12-23)29(24-7-6-8-26(39)17-24)19-37(4,35(41)45)20-32(42)40-27-15-16-28(34(43)44)31(18-27)48-5/h6-8,11-18,22,29-30,33H,9-10,19-21H2,1-5H3,(H,40,42)(H,43,44)/t29-,30-,33-,37-/m1/s1. The zero-order chi connectivity index (χ0) is 35.9. The van der Waals surface area contributed by atoms with Gasteiger partial charge in [-0.05, 0) is 93.5 Å². The maximum Gasteiger partial charge on any atom is 0.339 e. The van der Waals surface area contributed by atoms with Crippen molar-refractivity contribution in [3.8, 4) is 5.75 Å². The normalized spacial score (nSPS) is 22.0. The Morgan fingerprint density at radius 3 is 2.27 bits per heavy atom. The first-order chi connectivity index (χ1) is 22.9. The third-order valence-electron chi connectivity index (χ3n) is 9.70. The predicted molar refractivity (Wildman–Crippen MR) is 191 cm³/mol. The third kappa shape index (κ3) is 7.92. The van der Waals surface area contributed by atoms with Crippen molar-refractivity contribution in [1.82, 2.24) is 4.90 Å². The van der Waals surface area contributed by atoms with E-state index in [-0.39, 0.29) is 47.7 Å². The number of methoxy groups -OCH3 is 1. The number of rotatable bonds is 11. The van der Waals surface area contributed by atoms with Gasteiger partial charge in [0.1, 0.15) is 11.3 Å². The lowest BCUT2D eigenvalue weighted by atomic mass is 9.66. The molecule has 9 nitrogen and oxygen atoms in total. The number of carboxylic acid groups (broad SMARTS) is 1. The summed E-state index contributed by atoms with van der Waals surface area (Å²) in [6.07, 6.45) is 1.64. The Morgan fingerprint density at radius 2 is 1.69 bits per heavy atom. The second-order valence-electron chi connectivity index (χ2n) is 14.4. The van der Waals surface area contributed by atoms with Crippen LogP contribution in [0.25, 0.3) is 0 Å². The van der Waals surface area contributed by atoms with Gasteiger partial charge in [0, 0.05) is 40.2 Å². The van der Waals surface area contributed by atoms with Crippen LogP contribution in [0, 0.1) is 11.3 Å². The zero-order valence-corrected chi connectivity index (χ0v) is 30.5. The Morgan fingerprint density at radius 1 is 1.02 bits per heavy atom. The highest BCUT2D eigenvalue weighted by Crippen LogP contribution is 2.54. The van der Waals surface area contributed by atoms with Crippen LogP contribution in [0.5, 0.6) is 5.75 Å². The molecule has 2 aliphatic rings. The third-order valence-corrected chi connectivity index (χ3v) is 12.8. The fraction of sp³-hybridized carbons (Fsp3) is 0.432. The molecule has 262 valence electrons. The second-order valence-corrected chi connectivity index (χ2v) is 18.0. The summed E-state index contributed by atoms with van der Waals surface area (Å²) in [5, 5.41) is 13.3. The number of halogens is 2. The Labute approximate surface area is 297 Å². The zero-order valence-electron chi connectivity index (χ0n) is 28.2. The lowest BCUT2D eigenvalue weighted by Crippen LogP contribution is -2.59. The van der Waals surface area contributed by atoms with E-state index in [2.05, 4.69) is 5.32 Å². The predicted octanol–water partition coefficient (Wildman–Crippen LogP) is 7.78. The van der Waals surface area contributed by atoms with Gasteiger partial charge in [0.2, 0.25) is 11.8 Å². The van der Waals surface area contributed by atoms with Gasteiger partial charge in [-0.25, -0.2) is 13.2 Å². The number of piperidine rings is 1. The molecular weight excluding hydrogens is 687 g/mol. The first-order valence-electron chi connectivity index (χ1n) is 16.2. The number of carbonyl (C=O) groups is 3. The molecule has 0 bridgehead atoms. The first kappa shape index (κ1) is 36.7. The molecule has 2 amide bonds. The Kier molecular flexibility index (Phi) is 10.4. The van der Waals surface area contributed by atoms with Crippen LogP contribution in [0.2, 0.25) is 10.0 Å². The average molecular weight is 730 g/mol. The van der Waals surface area contributed by atoms with Crippen molar-refractivity contribution in [2.75, 3.05) is 18.2 Å². The maximum atomic E-state index is 15.1. The topological polar surface area (TPSA) is 130 Å². The molecule has 2 N–H and O–H groups in total. The van der Waals surface area contributed by atoms with Gasteiger partial charge in [0.05, 0.1) is 29.1 Å². The van der Waals surface area contributed by atoms with E-state index in [0.29, 0.717) is 15.7 Å². The van der Waals surface area contributed by atoms with Crippen LogP contribution >= 0.6 is 23.2 Å². The number of amides is 2. The van der Waals surface area contributed by atoms with E-state index in [1.165, 1.54) is 25.3 Å². The number of likely N-dealkylation sites (tertiary alicyclic amines) is 1. The van der Waals surface area contributed by atoms with Crippen molar-refractivity contribution in [3.05, 3.63) is 93.5 Å². The van der Waals surface area contributed by atoms with Crippen molar-refractivity contribution in [2.24, 2.45) is 11.3 Å². The highest BCUT2D eigenvalue weighted by molar-refractivity contribution is 7.92. The van der Waals surface area contributed by atoms with E-state index in [4.69, 9.17) is 27.9 Å². The Hall–Kier alpha value is -3.60. The summed E-state index contributed by atoms with van der Waals surface area (Å²) >= 11 is 12.8. The average Bonchev–Trinajstić information content (AvgIpc) is 3.86. The molecule has 0 aromatic heterocycles. The van der Waals surface area contributed by atoms with Gasteiger partial charge in [-0.3, -0.25) is 9.59 Å². The van der Waals surface area contributed by atoms with Crippen LogP contribution in [0.4, 0.5) is 5.69 Å². The molecule has 0 spiro atoms. The molecule has 0 radical (unpaired) electrons. The van der Waals surface area contributed by atoms with Gasteiger partial charge >= 0.3 is 5.97 Å². The lowest BCUT2D eigenvalue weighted by molar-refractivity contribution is -0.156. The number of sulfone groups is 1. The number of carbonyl (C=O) groups excluding carboxylic acids is 2. The summed E-state index contributed by atoms with van der Waals surface area (Å²) in [5.41, 5.74) is 0.675. The molecule has 49 heavy (non-hydrogen) atoms. The van der Waals surface area contributed by atoms with Crippen molar-refractivity contribution in [3.63, 3.8) is 0 Å². The van der Waals surface area contributed by atoms with E-state index >= 15 is 4.79 Å². The summed E-state index contributed by atoms with van der Waals surface area (Å²) in [6, 6.07) is 17.7. The van der Waals surface area contributed by atoms with Gasteiger partial charge in [-0.1, -0.05) is 54.4 Å². The van der Waals surface area contributed by atoms with E-state index in [9.17, 15) is 23.1 Å². The van der Waals surface area contributed by atoms with Crippen LogP contribution in [-0.4, -0.2) is 59.9 Å². The SMILES string of the molecule is COc1cc(NC(=O)C[C@@]2(C)C[C@H](c3cccc(Cl)c3)[C@@H](c3ccc(Cl)cc3)N([C@H](CS(=O)(=O)C(C)(C)C)C3CC3)C2=O)ccc1C(=O)O. The lowest BCUT2D eigenvalue weighted by Gasteiger charge is -2.52. The number of hydrogen-bond acceptors (Lipinski definition) is 6. The molecular formula is C37H42Cl2N2O7S. The second kappa shape index (κ2) is 14.0. The molecule has 0 unspecified atom stereocenters. The number of hydrogen-bond donors (Lipinski definition) is 2. The minimum absolute atomic E-state index is 0.0210. The van der Waals surface area contributed by atoms with E-state index < -0.39 is 44.0 Å². The quantitative estimate of drug-likeness (QED) is 0.206. The van der Waals surface area contributed by atoms with Crippen LogP contribution in [0.3, 0.4) is 0 Å². The molecule has 1 heterocycles. The number of aromatic carboxylic acids is 1. The van der Waals surface area contributed by atoms with Crippen molar-refractivity contribution in [2.45, 2.75) is 76.1 Å². The molecule has 12 heteroatoms. The molecule has 3 aromatic carbocycles. The minimum atomic E-state index is -3.66. The van der Waals surface area contributed by atoms with Crippen LogP contribution in [-0.2, 0) is 19.4 Å². The van der Waals surface area contributed by atoms with Crippen LogP contribution < -0.4 is 10.1 Å². The largest absolute Gasteiger partial charge is 0.496 e. The molecule has 4 atom stereocenters. The number of anilines is 1. The van der Waals surface area contributed by atoms with Crippen molar-refractivity contribution < 1.29 is 32.6 Å². The van der Waals surface area contributed by atoms with Crippen molar-refractivity contribution in [1.29, 1.82) is 0 Å². The summed E-state index contributed by atoms with van der Waals surface area (Å²) in [7, 11) is -2.32. The number of ether oxygens (including phenoxy) is 1. The van der Waals surface area contributed by atoms with Gasteiger partial charge in [-0.15, -0.1) is 0 Å². The summed E-state index contributed by atoms with van der Waals surface area (Å²) < 4.78 is 31.8. The van der Waals surface area contributed by atoms with Crippen LogP contribution in [0.15, 0.2) is 66.7 Å². The number of carboxylic acids is 1. The highest BCUT2D eigenvalue weighted by Gasteiger charge is 2.55. The highest BCUT2D eigenvalue weighted by atomic mass is 35.5. The van der Waals surface area contributed by atoms with Gasteiger partial charge in [0.15, 0.2) is 9.84 Å². The van der Waals surface area contributed by atoms with Gasteiger partial charge in [0.25, 0.3) is 0 Å².